The van der Waals surface area contributed by atoms with Crippen LogP contribution < -0.4 is 9.47 Å². The average molecular weight is 469 g/mol. The van der Waals surface area contributed by atoms with E-state index in [-0.39, 0.29) is 5.78 Å². The van der Waals surface area contributed by atoms with E-state index in [1.54, 1.807) is 26.0 Å². The minimum absolute atomic E-state index is 0.208. The second-order valence-electron chi connectivity index (χ2n) is 7.44. The molecule has 0 spiro atoms. The number of benzene rings is 3. The topological polar surface area (TPSA) is 52.6 Å². The molecule has 0 aromatic heterocycles. The highest BCUT2D eigenvalue weighted by Gasteiger charge is 2.12. The van der Waals surface area contributed by atoms with Crippen LogP contribution in [0.2, 0.25) is 0 Å². The number of hydrogen-bond donors (Lipinski definition) is 0. The van der Waals surface area contributed by atoms with Gasteiger partial charge < -0.3 is 9.47 Å². The van der Waals surface area contributed by atoms with Crippen molar-refractivity contribution in [3.05, 3.63) is 83.4 Å². The Labute approximate surface area is 196 Å². The largest absolute Gasteiger partial charge is 0.497 e. The van der Waals surface area contributed by atoms with E-state index in [1.807, 2.05) is 42.5 Å². The molecular weight excluding hydrogens is 440 g/mol. The van der Waals surface area contributed by atoms with Crippen LogP contribution >= 0.6 is 11.8 Å². The molecule has 0 aliphatic rings. The molecule has 0 radical (unpaired) electrons. The third-order valence-electron chi connectivity index (χ3n) is 5.03. The quantitative estimate of drug-likeness (QED) is 0.342. The van der Waals surface area contributed by atoms with Gasteiger partial charge in [-0.3, -0.25) is 9.00 Å². The number of methoxy groups -OCH3 is 2. The van der Waals surface area contributed by atoms with E-state index in [4.69, 9.17) is 9.47 Å². The van der Waals surface area contributed by atoms with Gasteiger partial charge in [-0.1, -0.05) is 29.8 Å². The van der Waals surface area contributed by atoms with E-state index in [0.717, 1.165) is 21.8 Å². The fourth-order valence-corrected chi connectivity index (χ4v) is 5.22. The molecule has 32 heavy (non-hydrogen) atoms. The molecule has 0 amide bonds. The second kappa shape index (κ2) is 11.9. The summed E-state index contributed by atoms with van der Waals surface area (Å²) in [5, 5.41) is 0. The molecule has 0 fully saturated rings. The summed E-state index contributed by atoms with van der Waals surface area (Å²) in [4.78, 5) is 14.3. The molecule has 0 aliphatic heterocycles. The van der Waals surface area contributed by atoms with Gasteiger partial charge in [0.1, 0.15) is 17.3 Å². The third-order valence-corrected chi connectivity index (χ3v) is 7.42. The summed E-state index contributed by atoms with van der Waals surface area (Å²) in [5.41, 5.74) is 3.00. The van der Waals surface area contributed by atoms with E-state index in [1.165, 1.54) is 10.5 Å². The van der Waals surface area contributed by atoms with Crippen molar-refractivity contribution in [1.82, 2.24) is 0 Å². The number of hydrogen-bond acceptors (Lipinski definition) is 5. The third kappa shape index (κ3) is 6.97. The minimum atomic E-state index is -1.23. The van der Waals surface area contributed by atoms with Gasteiger partial charge in [0.2, 0.25) is 0 Å². The van der Waals surface area contributed by atoms with Gasteiger partial charge in [0.05, 0.1) is 30.8 Å². The zero-order valence-electron chi connectivity index (χ0n) is 18.6. The number of ether oxygens (including phenoxy) is 2. The van der Waals surface area contributed by atoms with Crippen molar-refractivity contribution in [1.29, 1.82) is 0 Å². The highest BCUT2D eigenvalue weighted by Crippen LogP contribution is 2.27. The molecule has 0 aliphatic carbocycles. The Hall–Kier alpha value is -2.57. The molecular formula is C26H28O4S2. The lowest BCUT2D eigenvalue weighted by Crippen LogP contribution is -2.04. The standard InChI is InChI=1S/C26H28O4S2/c1-19-4-9-24(10-5-19)31-15-14-22(27)16-20-6-11-25(12-7-20)32(28)18-21-17-23(29-2)8-13-26(21)30-3/h4-13,17H,14-16,18H2,1-3H3. The summed E-state index contributed by atoms with van der Waals surface area (Å²) < 4.78 is 23.5. The Morgan fingerprint density at radius 1 is 0.938 bits per heavy atom. The molecule has 0 saturated carbocycles. The molecule has 1 atom stereocenters. The summed E-state index contributed by atoms with van der Waals surface area (Å²) >= 11 is 1.70. The van der Waals surface area contributed by atoms with Crippen molar-refractivity contribution in [3.63, 3.8) is 0 Å². The summed E-state index contributed by atoms with van der Waals surface area (Å²) in [6.45, 7) is 2.06. The molecule has 0 bridgehead atoms. The smallest absolute Gasteiger partial charge is 0.138 e. The highest BCUT2D eigenvalue weighted by atomic mass is 32.2. The number of ketones is 1. The van der Waals surface area contributed by atoms with Gasteiger partial charge >= 0.3 is 0 Å². The molecule has 1 unspecified atom stereocenters. The van der Waals surface area contributed by atoms with Crippen LogP contribution in [0.5, 0.6) is 11.5 Å². The van der Waals surface area contributed by atoms with E-state index in [0.29, 0.717) is 30.1 Å². The van der Waals surface area contributed by atoms with E-state index >= 15 is 0 Å². The van der Waals surface area contributed by atoms with Gasteiger partial charge in [0.15, 0.2) is 0 Å². The van der Waals surface area contributed by atoms with Crippen LogP contribution in [0.4, 0.5) is 0 Å². The molecule has 4 nitrogen and oxygen atoms in total. The predicted octanol–water partition coefficient (Wildman–Crippen LogP) is 5.61. The number of rotatable bonds is 11. The number of carbonyl (C=O) groups is 1. The fraction of sp³-hybridized carbons (Fsp3) is 0.269. The summed E-state index contributed by atoms with van der Waals surface area (Å²) in [6, 6.07) is 21.3. The lowest BCUT2D eigenvalue weighted by atomic mass is 10.1. The van der Waals surface area contributed by atoms with Gasteiger partial charge in [-0.2, -0.15) is 0 Å². The van der Waals surface area contributed by atoms with Crippen molar-refractivity contribution in [2.45, 2.75) is 35.3 Å². The van der Waals surface area contributed by atoms with Gasteiger partial charge in [0.25, 0.3) is 0 Å². The molecule has 3 aromatic rings. The predicted molar refractivity (Wildman–Crippen MR) is 131 cm³/mol. The van der Waals surface area contributed by atoms with Crippen molar-refractivity contribution in [2.24, 2.45) is 0 Å². The molecule has 3 rings (SSSR count). The van der Waals surface area contributed by atoms with Crippen molar-refractivity contribution < 1.29 is 18.5 Å². The van der Waals surface area contributed by atoms with Crippen LogP contribution in [0, 0.1) is 6.92 Å². The minimum Gasteiger partial charge on any atom is -0.497 e. The van der Waals surface area contributed by atoms with E-state index < -0.39 is 10.8 Å². The number of Topliss-reactive ketones (excluding diaryl/α,β-unsaturated/α-hetero) is 1. The monoisotopic (exact) mass is 468 g/mol. The Balaban J connectivity index is 1.52. The maximum absolute atomic E-state index is 12.9. The first-order valence-electron chi connectivity index (χ1n) is 10.4. The first kappa shape index (κ1) is 24.1. The number of thioether (sulfide) groups is 1. The van der Waals surface area contributed by atoms with Crippen molar-refractivity contribution in [3.8, 4) is 11.5 Å². The first-order valence-corrected chi connectivity index (χ1v) is 12.7. The highest BCUT2D eigenvalue weighted by molar-refractivity contribution is 7.99. The fourth-order valence-electron chi connectivity index (χ4n) is 3.21. The van der Waals surface area contributed by atoms with E-state index in [9.17, 15) is 9.00 Å². The zero-order chi connectivity index (χ0) is 22.9. The van der Waals surface area contributed by atoms with Crippen LogP contribution in [0.3, 0.4) is 0 Å². The Kier molecular flexibility index (Phi) is 8.94. The molecule has 3 aromatic carbocycles. The SMILES string of the molecule is COc1ccc(OC)c(CS(=O)c2ccc(CC(=O)CCSc3ccc(C)cc3)cc2)c1. The van der Waals surface area contributed by atoms with Gasteiger partial charge in [-0.25, -0.2) is 0 Å². The average Bonchev–Trinajstić information content (AvgIpc) is 2.80. The van der Waals surface area contributed by atoms with Gasteiger partial charge in [0, 0.05) is 33.9 Å². The Morgan fingerprint density at radius 2 is 1.66 bits per heavy atom. The Morgan fingerprint density at radius 3 is 2.31 bits per heavy atom. The lowest BCUT2D eigenvalue weighted by Gasteiger charge is -2.11. The van der Waals surface area contributed by atoms with Crippen molar-refractivity contribution >= 4 is 28.3 Å². The summed E-state index contributed by atoms with van der Waals surface area (Å²) in [5.74, 6) is 2.69. The van der Waals surface area contributed by atoms with Crippen LogP contribution in [-0.4, -0.2) is 30.0 Å². The maximum Gasteiger partial charge on any atom is 0.138 e. The van der Waals surface area contributed by atoms with Crippen LogP contribution in [-0.2, 0) is 27.8 Å². The zero-order valence-corrected chi connectivity index (χ0v) is 20.3. The number of aryl methyl sites for hydroxylation is 1. The molecule has 168 valence electrons. The van der Waals surface area contributed by atoms with Gasteiger partial charge in [-0.05, 0) is 55.0 Å². The lowest BCUT2D eigenvalue weighted by molar-refractivity contribution is -0.118. The van der Waals surface area contributed by atoms with Crippen molar-refractivity contribution in [2.75, 3.05) is 20.0 Å². The summed E-state index contributed by atoms with van der Waals surface area (Å²) in [6.07, 6.45) is 0.924. The molecule has 6 heteroatoms. The summed E-state index contributed by atoms with van der Waals surface area (Å²) in [7, 11) is 1.97. The Bertz CT molecular complexity index is 1060. The molecule has 0 N–H and O–H groups in total. The van der Waals surface area contributed by atoms with Crippen LogP contribution in [0.1, 0.15) is 23.1 Å². The van der Waals surface area contributed by atoms with Crippen LogP contribution in [0.25, 0.3) is 0 Å². The molecule has 0 heterocycles. The van der Waals surface area contributed by atoms with Gasteiger partial charge in [-0.15, -0.1) is 11.8 Å². The first-order chi connectivity index (χ1) is 15.5. The number of carbonyl (C=O) groups excluding carboxylic acids is 1. The normalized spacial score (nSPS) is 11.7. The second-order valence-corrected chi connectivity index (χ2v) is 10.1. The maximum atomic E-state index is 12.9. The van der Waals surface area contributed by atoms with E-state index in [2.05, 4.69) is 31.2 Å². The molecule has 0 saturated heterocycles. The van der Waals surface area contributed by atoms with Crippen LogP contribution in [0.15, 0.2) is 76.5 Å².